The molecule has 1 fully saturated rings. The molecule has 3 atom stereocenters. The van der Waals surface area contributed by atoms with Crippen LogP contribution in [0.5, 0.6) is 5.75 Å². The molecule has 0 amide bonds. The van der Waals surface area contributed by atoms with Crippen LogP contribution in [0.4, 0.5) is 0 Å². The molecular weight excluding hydrogens is 218 g/mol. The first-order valence-corrected chi connectivity index (χ1v) is 5.83. The number of nitrogens with two attached hydrogens (primary N) is 1. The topological polar surface area (TPSA) is 69.4 Å². The maximum absolute atomic E-state index is 5.66. The van der Waals surface area contributed by atoms with Gasteiger partial charge in [-0.25, -0.2) is 0 Å². The zero-order valence-electron chi connectivity index (χ0n) is 10.2. The quantitative estimate of drug-likeness (QED) is 0.604. The predicted octanol–water partition coefficient (Wildman–Crippen LogP) is 1.02. The summed E-state index contributed by atoms with van der Waals surface area (Å²) < 4.78 is 10.8. The smallest absolute Gasteiger partial charge is 0.137 e. The van der Waals surface area contributed by atoms with Crippen LogP contribution in [-0.4, -0.2) is 24.8 Å². The molecule has 0 spiro atoms. The van der Waals surface area contributed by atoms with Gasteiger partial charge < -0.3 is 9.47 Å². The molecule has 1 saturated heterocycles. The summed E-state index contributed by atoms with van der Waals surface area (Å²) in [4.78, 5) is 4.16. The van der Waals surface area contributed by atoms with E-state index >= 15 is 0 Å². The number of hydrazine groups is 1. The van der Waals surface area contributed by atoms with E-state index in [4.69, 9.17) is 15.3 Å². The second-order valence-corrected chi connectivity index (χ2v) is 4.33. The van der Waals surface area contributed by atoms with Crippen molar-refractivity contribution >= 4 is 0 Å². The summed E-state index contributed by atoms with van der Waals surface area (Å²) >= 11 is 0. The Balaban J connectivity index is 2.21. The highest BCUT2D eigenvalue weighted by Crippen LogP contribution is 2.33. The fourth-order valence-electron chi connectivity index (χ4n) is 2.37. The first-order valence-electron chi connectivity index (χ1n) is 5.83. The normalized spacial score (nSPS) is 25.8. The minimum Gasteiger partial charge on any atom is -0.495 e. The van der Waals surface area contributed by atoms with Crippen molar-refractivity contribution in [2.75, 3.05) is 13.7 Å². The molecule has 0 saturated carbocycles. The molecule has 5 nitrogen and oxygen atoms in total. The molecule has 3 unspecified atom stereocenters. The van der Waals surface area contributed by atoms with E-state index in [1.807, 2.05) is 12.3 Å². The lowest BCUT2D eigenvalue weighted by Gasteiger charge is -2.25. The van der Waals surface area contributed by atoms with Gasteiger partial charge in [-0.15, -0.1) is 0 Å². The molecule has 1 aliphatic heterocycles. The summed E-state index contributed by atoms with van der Waals surface area (Å²) in [5, 5.41) is 0. The van der Waals surface area contributed by atoms with Gasteiger partial charge in [-0.2, -0.15) is 0 Å². The number of hydrogen-bond donors (Lipinski definition) is 2. The SMILES string of the molecule is COc1cncc(C(NN)C2CCOC2C)c1. The van der Waals surface area contributed by atoms with Crippen molar-refractivity contribution in [1.29, 1.82) is 0 Å². The van der Waals surface area contributed by atoms with Gasteiger partial charge in [0.05, 0.1) is 25.5 Å². The first-order chi connectivity index (χ1) is 8.26. The highest BCUT2D eigenvalue weighted by atomic mass is 16.5. The number of nitrogens with one attached hydrogen (secondary N) is 1. The monoisotopic (exact) mass is 237 g/mol. The Morgan fingerprint density at radius 1 is 1.59 bits per heavy atom. The fourth-order valence-corrected chi connectivity index (χ4v) is 2.37. The Bertz CT molecular complexity index is 373. The van der Waals surface area contributed by atoms with E-state index in [0.29, 0.717) is 5.92 Å². The molecule has 17 heavy (non-hydrogen) atoms. The molecule has 2 rings (SSSR count). The Kier molecular flexibility index (Phi) is 3.93. The standard InChI is InChI=1S/C12H19N3O2/c1-8-11(3-4-17-8)12(15-13)9-5-10(16-2)7-14-6-9/h5-8,11-12,15H,3-4,13H2,1-2H3. The predicted molar refractivity (Wildman–Crippen MR) is 64.4 cm³/mol. The number of hydrogen-bond acceptors (Lipinski definition) is 5. The largest absolute Gasteiger partial charge is 0.495 e. The molecule has 0 aromatic carbocycles. The maximum atomic E-state index is 5.66. The van der Waals surface area contributed by atoms with Gasteiger partial charge >= 0.3 is 0 Å². The van der Waals surface area contributed by atoms with Crippen molar-refractivity contribution in [2.45, 2.75) is 25.5 Å². The third-order valence-electron chi connectivity index (χ3n) is 3.37. The molecule has 3 N–H and O–H groups in total. The molecule has 1 aromatic heterocycles. The van der Waals surface area contributed by atoms with E-state index in [0.717, 1.165) is 24.3 Å². The van der Waals surface area contributed by atoms with Crippen LogP contribution in [0.3, 0.4) is 0 Å². The minimum atomic E-state index is 0.0510. The highest BCUT2D eigenvalue weighted by Gasteiger charge is 2.32. The van der Waals surface area contributed by atoms with E-state index in [9.17, 15) is 0 Å². The van der Waals surface area contributed by atoms with Crippen molar-refractivity contribution in [3.63, 3.8) is 0 Å². The van der Waals surface area contributed by atoms with Crippen molar-refractivity contribution < 1.29 is 9.47 Å². The first kappa shape index (κ1) is 12.3. The van der Waals surface area contributed by atoms with Crippen LogP contribution >= 0.6 is 0 Å². The van der Waals surface area contributed by atoms with E-state index in [1.54, 1.807) is 13.3 Å². The average Bonchev–Trinajstić information content (AvgIpc) is 2.77. The molecule has 0 aliphatic carbocycles. The number of ether oxygens (including phenoxy) is 2. The molecule has 2 heterocycles. The van der Waals surface area contributed by atoms with Crippen LogP contribution in [0.1, 0.15) is 24.9 Å². The summed E-state index contributed by atoms with van der Waals surface area (Å²) in [7, 11) is 1.63. The van der Waals surface area contributed by atoms with E-state index in [-0.39, 0.29) is 12.1 Å². The van der Waals surface area contributed by atoms with Gasteiger partial charge in [0.25, 0.3) is 0 Å². The van der Waals surface area contributed by atoms with Crippen molar-refractivity contribution in [3.05, 3.63) is 24.0 Å². The van der Waals surface area contributed by atoms with E-state index in [2.05, 4.69) is 17.3 Å². The highest BCUT2D eigenvalue weighted by molar-refractivity contribution is 5.26. The van der Waals surface area contributed by atoms with Crippen molar-refractivity contribution in [3.8, 4) is 5.75 Å². The Morgan fingerprint density at radius 3 is 3.00 bits per heavy atom. The Hall–Kier alpha value is -1.17. The second-order valence-electron chi connectivity index (χ2n) is 4.33. The fraction of sp³-hybridized carbons (Fsp3) is 0.583. The molecule has 0 radical (unpaired) electrons. The maximum Gasteiger partial charge on any atom is 0.137 e. The van der Waals surface area contributed by atoms with Gasteiger partial charge in [-0.05, 0) is 25.0 Å². The van der Waals surface area contributed by atoms with Gasteiger partial charge in [0.1, 0.15) is 5.75 Å². The lowest BCUT2D eigenvalue weighted by Crippen LogP contribution is -2.36. The van der Waals surface area contributed by atoms with Gasteiger partial charge in [0.2, 0.25) is 0 Å². The summed E-state index contributed by atoms with van der Waals surface area (Å²) in [6, 6.07) is 2.01. The van der Waals surface area contributed by atoms with Crippen molar-refractivity contribution in [2.24, 2.45) is 11.8 Å². The molecule has 1 aliphatic rings. The molecule has 0 bridgehead atoms. The van der Waals surface area contributed by atoms with Crippen LogP contribution in [0.25, 0.3) is 0 Å². The van der Waals surface area contributed by atoms with Crippen LogP contribution < -0.4 is 16.0 Å². The van der Waals surface area contributed by atoms with Crippen LogP contribution in [0.15, 0.2) is 18.5 Å². The summed E-state index contributed by atoms with van der Waals surface area (Å²) in [6.45, 7) is 2.87. The van der Waals surface area contributed by atoms with Gasteiger partial charge in [0.15, 0.2) is 0 Å². The van der Waals surface area contributed by atoms with E-state index < -0.39 is 0 Å². The summed E-state index contributed by atoms with van der Waals surface area (Å²) in [5.74, 6) is 6.78. The van der Waals surface area contributed by atoms with Crippen LogP contribution in [0, 0.1) is 5.92 Å². The average molecular weight is 237 g/mol. The van der Waals surface area contributed by atoms with E-state index in [1.165, 1.54) is 0 Å². The summed E-state index contributed by atoms with van der Waals surface area (Å²) in [6.07, 6.45) is 4.72. The zero-order valence-corrected chi connectivity index (χ0v) is 10.2. The lowest BCUT2D eigenvalue weighted by molar-refractivity contribution is 0.0953. The van der Waals surface area contributed by atoms with Crippen LogP contribution in [0.2, 0.25) is 0 Å². The molecule has 94 valence electrons. The Morgan fingerprint density at radius 2 is 2.41 bits per heavy atom. The minimum absolute atomic E-state index is 0.0510. The van der Waals surface area contributed by atoms with Gasteiger partial charge in [-0.3, -0.25) is 16.3 Å². The lowest BCUT2D eigenvalue weighted by atomic mass is 9.89. The second kappa shape index (κ2) is 5.44. The summed E-state index contributed by atoms with van der Waals surface area (Å²) in [5.41, 5.74) is 3.90. The zero-order chi connectivity index (χ0) is 12.3. The molecular formula is C12H19N3O2. The number of pyridine rings is 1. The number of nitrogens with zero attached hydrogens (tertiary/aromatic N) is 1. The number of methoxy groups -OCH3 is 1. The number of aromatic nitrogens is 1. The third kappa shape index (κ3) is 2.57. The van der Waals surface area contributed by atoms with Crippen LogP contribution in [-0.2, 0) is 4.74 Å². The van der Waals surface area contributed by atoms with Crippen molar-refractivity contribution in [1.82, 2.24) is 10.4 Å². The third-order valence-corrected chi connectivity index (χ3v) is 3.37. The Labute approximate surface area is 101 Å². The van der Waals surface area contributed by atoms with Gasteiger partial charge in [-0.1, -0.05) is 0 Å². The molecule has 5 heteroatoms. The van der Waals surface area contributed by atoms with Gasteiger partial charge in [0, 0.05) is 18.7 Å². The molecule has 1 aromatic rings. The number of rotatable bonds is 4.